The maximum absolute atomic E-state index is 13.6. The summed E-state index contributed by atoms with van der Waals surface area (Å²) in [6, 6.07) is 3.89. The van der Waals surface area contributed by atoms with Gasteiger partial charge >= 0.3 is 5.97 Å². The summed E-state index contributed by atoms with van der Waals surface area (Å²) in [5, 5.41) is 8.64. The Hall–Kier alpha value is -1.62. The zero-order valence-corrected chi connectivity index (χ0v) is 11.3. The topological polar surface area (TPSA) is 72.6 Å². The molecule has 110 valence electrons. The normalized spacial score (nSPS) is 16.5. The van der Waals surface area contributed by atoms with Crippen molar-refractivity contribution in [2.24, 2.45) is 11.7 Å². The Morgan fingerprint density at radius 3 is 2.80 bits per heavy atom. The monoisotopic (exact) mass is 281 g/mol. The lowest BCUT2D eigenvalue weighted by molar-refractivity contribution is -0.137. The minimum absolute atomic E-state index is 0.0318. The first-order valence-corrected chi connectivity index (χ1v) is 6.95. The fraction of sp³-hybridized carbons (Fsp3) is 0.533. The maximum atomic E-state index is 13.6. The van der Waals surface area contributed by atoms with E-state index in [1.165, 1.54) is 31.4 Å². The van der Waals surface area contributed by atoms with Crippen LogP contribution in [0.3, 0.4) is 0 Å². The van der Waals surface area contributed by atoms with Gasteiger partial charge in [0.2, 0.25) is 0 Å². The second-order valence-corrected chi connectivity index (χ2v) is 5.37. The third-order valence-corrected chi connectivity index (χ3v) is 3.70. The van der Waals surface area contributed by atoms with Gasteiger partial charge in [-0.2, -0.15) is 0 Å². The van der Waals surface area contributed by atoms with Gasteiger partial charge in [0, 0.05) is 18.5 Å². The van der Waals surface area contributed by atoms with Crippen molar-refractivity contribution in [3.63, 3.8) is 0 Å². The number of halogens is 1. The molecule has 1 saturated carbocycles. The van der Waals surface area contributed by atoms with Gasteiger partial charge in [-0.15, -0.1) is 0 Å². The summed E-state index contributed by atoms with van der Waals surface area (Å²) in [6.07, 6.45) is 3.82. The highest BCUT2D eigenvalue weighted by molar-refractivity contribution is 5.66. The van der Waals surface area contributed by atoms with Gasteiger partial charge in [0.15, 0.2) is 0 Å². The second-order valence-electron chi connectivity index (χ2n) is 5.37. The van der Waals surface area contributed by atoms with Gasteiger partial charge in [-0.25, -0.2) is 4.39 Å². The molecule has 3 N–H and O–H groups in total. The number of carboxylic acids is 1. The molecule has 0 radical (unpaired) electrons. The van der Waals surface area contributed by atoms with Crippen LogP contribution in [0.2, 0.25) is 0 Å². The average molecular weight is 281 g/mol. The third kappa shape index (κ3) is 4.20. The first-order valence-electron chi connectivity index (χ1n) is 6.95. The van der Waals surface area contributed by atoms with E-state index in [2.05, 4.69) is 0 Å². The van der Waals surface area contributed by atoms with E-state index in [1.54, 1.807) is 6.07 Å². The van der Waals surface area contributed by atoms with E-state index < -0.39 is 17.8 Å². The molecule has 5 heteroatoms. The van der Waals surface area contributed by atoms with E-state index in [0.29, 0.717) is 23.8 Å². The Morgan fingerprint density at radius 1 is 1.45 bits per heavy atom. The highest BCUT2D eigenvalue weighted by Gasteiger charge is 2.18. The molecule has 1 atom stereocenters. The molecule has 1 unspecified atom stereocenters. The number of carbonyl (C=O) groups is 1. The summed E-state index contributed by atoms with van der Waals surface area (Å²) >= 11 is 0. The van der Waals surface area contributed by atoms with Crippen LogP contribution in [0.1, 0.15) is 43.7 Å². The predicted molar refractivity (Wildman–Crippen MR) is 73.0 cm³/mol. The minimum Gasteiger partial charge on any atom is -0.493 e. The Kier molecular flexibility index (Phi) is 4.95. The Labute approximate surface area is 117 Å². The Balaban J connectivity index is 1.97. The molecule has 0 bridgehead atoms. The predicted octanol–water partition coefficient (Wildman–Crippen LogP) is 2.87. The number of aliphatic carboxylic acids is 1. The van der Waals surface area contributed by atoms with Crippen molar-refractivity contribution in [1.82, 2.24) is 0 Å². The molecule has 1 fully saturated rings. The molecule has 1 aliphatic rings. The molecule has 0 aromatic heterocycles. The first kappa shape index (κ1) is 14.8. The largest absolute Gasteiger partial charge is 0.493 e. The fourth-order valence-corrected chi connectivity index (χ4v) is 2.20. The molecule has 0 saturated heterocycles. The van der Waals surface area contributed by atoms with Crippen molar-refractivity contribution < 1.29 is 19.0 Å². The molecule has 4 nitrogen and oxygen atoms in total. The molecule has 1 aliphatic carbocycles. The van der Waals surface area contributed by atoms with Crippen LogP contribution in [0, 0.1) is 11.7 Å². The van der Waals surface area contributed by atoms with Crippen LogP contribution in [-0.4, -0.2) is 17.7 Å². The quantitative estimate of drug-likeness (QED) is 0.806. The van der Waals surface area contributed by atoms with Gasteiger partial charge in [-0.3, -0.25) is 4.79 Å². The molecule has 20 heavy (non-hydrogen) atoms. The highest BCUT2D eigenvalue weighted by atomic mass is 19.1. The molecular formula is C15H20FNO3. The van der Waals surface area contributed by atoms with Gasteiger partial charge in [0.1, 0.15) is 11.6 Å². The van der Waals surface area contributed by atoms with E-state index in [4.69, 9.17) is 15.6 Å². The zero-order valence-electron chi connectivity index (χ0n) is 11.3. The first-order chi connectivity index (χ1) is 9.54. The number of nitrogens with two attached hydrogens (primary N) is 1. The average Bonchev–Trinajstić information content (AvgIpc) is 2.33. The van der Waals surface area contributed by atoms with Gasteiger partial charge < -0.3 is 15.6 Å². The molecule has 2 rings (SSSR count). The van der Waals surface area contributed by atoms with Gasteiger partial charge in [-0.1, -0.05) is 6.42 Å². The number of hydrogen-bond acceptors (Lipinski definition) is 3. The third-order valence-electron chi connectivity index (χ3n) is 3.70. The van der Waals surface area contributed by atoms with Crippen molar-refractivity contribution in [2.75, 3.05) is 6.61 Å². The summed E-state index contributed by atoms with van der Waals surface area (Å²) in [5.74, 6) is -0.268. The van der Waals surface area contributed by atoms with E-state index in [9.17, 15) is 9.18 Å². The number of rotatable bonds is 7. The minimum atomic E-state index is -0.904. The van der Waals surface area contributed by atoms with Gasteiger partial charge in [0.05, 0.1) is 6.61 Å². The summed E-state index contributed by atoms with van der Waals surface area (Å²) in [7, 11) is 0. The Morgan fingerprint density at radius 2 is 2.20 bits per heavy atom. The summed E-state index contributed by atoms with van der Waals surface area (Å²) < 4.78 is 19.2. The van der Waals surface area contributed by atoms with Crippen LogP contribution in [0.25, 0.3) is 0 Å². The maximum Gasteiger partial charge on any atom is 0.303 e. The van der Waals surface area contributed by atoms with Crippen molar-refractivity contribution >= 4 is 5.97 Å². The van der Waals surface area contributed by atoms with Crippen LogP contribution in [0.15, 0.2) is 18.2 Å². The summed E-state index contributed by atoms with van der Waals surface area (Å²) in [4.78, 5) is 10.5. The van der Waals surface area contributed by atoms with E-state index in [1.807, 2.05) is 0 Å². The second kappa shape index (κ2) is 6.70. The zero-order chi connectivity index (χ0) is 14.5. The van der Waals surface area contributed by atoms with Crippen molar-refractivity contribution in [3.8, 4) is 5.75 Å². The lowest BCUT2D eigenvalue weighted by Gasteiger charge is -2.25. The molecule has 1 aromatic rings. The van der Waals surface area contributed by atoms with Crippen LogP contribution in [0.5, 0.6) is 5.75 Å². The molecular weight excluding hydrogens is 261 g/mol. The smallest absolute Gasteiger partial charge is 0.303 e. The van der Waals surface area contributed by atoms with Crippen LogP contribution < -0.4 is 10.5 Å². The number of ether oxygens (including phenoxy) is 1. The molecule has 0 heterocycles. The van der Waals surface area contributed by atoms with Crippen LogP contribution in [-0.2, 0) is 4.79 Å². The van der Waals surface area contributed by atoms with Crippen LogP contribution >= 0.6 is 0 Å². The molecule has 1 aromatic carbocycles. The van der Waals surface area contributed by atoms with Crippen LogP contribution in [0.4, 0.5) is 4.39 Å². The fourth-order valence-electron chi connectivity index (χ4n) is 2.20. The van der Waals surface area contributed by atoms with Crippen molar-refractivity contribution in [1.29, 1.82) is 0 Å². The number of benzene rings is 1. The summed E-state index contributed by atoms with van der Waals surface area (Å²) in [6.45, 7) is 0.604. The highest BCUT2D eigenvalue weighted by Crippen LogP contribution is 2.28. The lowest BCUT2D eigenvalue weighted by Crippen LogP contribution is -2.19. The number of carboxylic acid groups (broad SMARTS) is 1. The molecule has 0 spiro atoms. The van der Waals surface area contributed by atoms with E-state index >= 15 is 0 Å². The molecule has 0 amide bonds. The lowest BCUT2D eigenvalue weighted by atomic mass is 9.86. The van der Waals surface area contributed by atoms with E-state index in [-0.39, 0.29) is 12.8 Å². The Bertz CT molecular complexity index is 474. The SMILES string of the molecule is NC(CCC(=O)O)c1cc(F)cc(OCC2CCC2)c1. The van der Waals surface area contributed by atoms with Gasteiger partial charge in [-0.05, 0) is 42.9 Å². The standard InChI is InChI=1S/C15H20FNO3/c16-12-6-11(14(17)4-5-15(18)19)7-13(8-12)20-9-10-2-1-3-10/h6-8,10,14H,1-5,9,17H2,(H,18,19). The molecule has 0 aliphatic heterocycles. The van der Waals surface area contributed by atoms with Crippen molar-refractivity contribution in [3.05, 3.63) is 29.6 Å². The van der Waals surface area contributed by atoms with Crippen molar-refractivity contribution in [2.45, 2.75) is 38.1 Å². The number of hydrogen-bond donors (Lipinski definition) is 2. The van der Waals surface area contributed by atoms with Gasteiger partial charge in [0.25, 0.3) is 0 Å². The summed E-state index contributed by atoms with van der Waals surface area (Å²) in [5.41, 5.74) is 6.47. The van der Waals surface area contributed by atoms with E-state index in [0.717, 1.165) is 0 Å².